The van der Waals surface area contributed by atoms with Crippen molar-refractivity contribution in [2.75, 3.05) is 37.7 Å². The van der Waals surface area contributed by atoms with Crippen molar-refractivity contribution in [1.29, 1.82) is 0 Å². The van der Waals surface area contributed by atoms with Crippen LogP contribution in [0.5, 0.6) is 5.88 Å². The number of aromatic nitrogens is 2. The van der Waals surface area contributed by atoms with Crippen LogP contribution in [0.15, 0.2) is 29.8 Å². The smallest absolute Gasteiger partial charge is 0.228 e. The first-order valence-electron chi connectivity index (χ1n) is 8.27. The average molecular weight is 346 g/mol. The molecule has 128 valence electrons. The summed E-state index contributed by atoms with van der Waals surface area (Å²) in [7, 11) is 0. The summed E-state index contributed by atoms with van der Waals surface area (Å²) in [5, 5.41) is 2.05. The zero-order valence-electron chi connectivity index (χ0n) is 13.9. The third kappa shape index (κ3) is 4.23. The van der Waals surface area contributed by atoms with Crippen molar-refractivity contribution in [2.24, 2.45) is 0 Å². The van der Waals surface area contributed by atoms with Crippen LogP contribution in [0.3, 0.4) is 0 Å². The van der Waals surface area contributed by atoms with Crippen LogP contribution in [-0.2, 0) is 11.2 Å². The van der Waals surface area contributed by atoms with Crippen molar-refractivity contribution in [2.45, 2.75) is 19.8 Å². The largest absolute Gasteiger partial charge is 0.478 e. The number of ether oxygens (including phenoxy) is 1. The van der Waals surface area contributed by atoms with Gasteiger partial charge in [0.05, 0.1) is 6.61 Å². The highest BCUT2D eigenvalue weighted by molar-refractivity contribution is 7.09. The van der Waals surface area contributed by atoms with Gasteiger partial charge in [0.1, 0.15) is 0 Å². The van der Waals surface area contributed by atoms with E-state index in [1.807, 2.05) is 17.9 Å². The van der Waals surface area contributed by atoms with E-state index in [-0.39, 0.29) is 5.91 Å². The normalized spacial score (nSPS) is 14.7. The van der Waals surface area contributed by atoms with Gasteiger partial charge in [-0.1, -0.05) is 6.07 Å². The Balaban J connectivity index is 1.50. The molecule has 0 N–H and O–H groups in total. The fraction of sp³-hybridized carbons (Fsp3) is 0.471. The highest BCUT2D eigenvalue weighted by Crippen LogP contribution is 2.16. The number of piperazine rings is 1. The molecule has 0 unspecified atom stereocenters. The molecule has 3 heterocycles. The molecule has 0 spiro atoms. The molecule has 3 rings (SSSR count). The number of hydrogen-bond donors (Lipinski definition) is 0. The van der Waals surface area contributed by atoms with E-state index >= 15 is 0 Å². The lowest BCUT2D eigenvalue weighted by Crippen LogP contribution is -2.49. The Morgan fingerprint density at radius 3 is 2.83 bits per heavy atom. The highest BCUT2D eigenvalue weighted by atomic mass is 32.1. The molecule has 1 aliphatic rings. The number of hydrogen-bond acceptors (Lipinski definition) is 6. The summed E-state index contributed by atoms with van der Waals surface area (Å²) in [6.07, 6.45) is 3.12. The van der Waals surface area contributed by atoms with Gasteiger partial charge in [-0.05, 0) is 24.8 Å². The second-order valence-corrected chi connectivity index (χ2v) is 6.61. The molecule has 0 saturated carbocycles. The van der Waals surface area contributed by atoms with Crippen LogP contribution in [0.2, 0.25) is 0 Å². The van der Waals surface area contributed by atoms with Crippen LogP contribution >= 0.6 is 11.3 Å². The molecule has 0 bridgehead atoms. The van der Waals surface area contributed by atoms with E-state index in [2.05, 4.69) is 26.3 Å². The van der Waals surface area contributed by atoms with Crippen LogP contribution in [0, 0.1) is 0 Å². The summed E-state index contributed by atoms with van der Waals surface area (Å²) in [5.41, 5.74) is 0. The topological polar surface area (TPSA) is 58.6 Å². The average Bonchev–Trinajstić information content (AvgIpc) is 3.14. The van der Waals surface area contributed by atoms with Gasteiger partial charge in [0.15, 0.2) is 0 Å². The Hall–Kier alpha value is -2.15. The predicted octanol–water partition coefficient (Wildman–Crippen LogP) is 2.22. The molecule has 0 radical (unpaired) electrons. The summed E-state index contributed by atoms with van der Waals surface area (Å²) in [6.45, 7) is 5.45. The van der Waals surface area contributed by atoms with Gasteiger partial charge < -0.3 is 14.5 Å². The SMILES string of the molecule is CCOc1ccnc(N2CCN(C(=O)CCc3cccs3)CC2)n1. The van der Waals surface area contributed by atoms with Gasteiger partial charge in [0, 0.05) is 49.7 Å². The van der Waals surface area contributed by atoms with E-state index in [0.29, 0.717) is 37.9 Å². The Kier molecular flexibility index (Phi) is 5.63. The second-order valence-electron chi connectivity index (χ2n) is 5.58. The van der Waals surface area contributed by atoms with E-state index < -0.39 is 0 Å². The maximum atomic E-state index is 12.3. The maximum absolute atomic E-state index is 12.3. The number of nitrogens with zero attached hydrogens (tertiary/aromatic N) is 4. The molecule has 24 heavy (non-hydrogen) atoms. The monoisotopic (exact) mass is 346 g/mol. The van der Waals surface area contributed by atoms with Gasteiger partial charge in [-0.3, -0.25) is 4.79 Å². The molecular formula is C17H22N4O2S. The fourth-order valence-electron chi connectivity index (χ4n) is 2.71. The molecule has 0 aromatic carbocycles. The molecule has 0 aliphatic carbocycles. The minimum absolute atomic E-state index is 0.229. The van der Waals surface area contributed by atoms with E-state index in [9.17, 15) is 4.79 Å². The zero-order valence-corrected chi connectivity index (χ0v) is 14.7. The lowest BCUT2D eigenvalue weighted by molar-refractivity contribution is -0.131. The summed E-state index contributed by atoms with van der Waals surface area (Å²) in [5.74, 6) is 1.50. The Morgan fingerprint density at radius 2 is 2.12 bits per heavy atom. The number of anilines is 1. The Bertz CT molecular complexity index is 654. The molecule has 1 amide bonds. The minimum Gasteiger partial charge on any atom is -0.478 e. The molecule has 2 aromatic rings. The number of rotatable bonds is 6. The van der Waals surface area contributed by atoms with Crippen molar-refractivity contribution in [3.05, 3.63) is 34.7 Å². The molecule has 1 aliphatic heterocycles. The third-order valence-electron chi connectivity index (χ3n) is 3.99. The van der Waals surface area contributed by atoms with Crippen LogP contribution < -0.4 is 9.64 Å². The quantitative estimate of drug-likeness (QED) is 0.803. The highest BCUT2D eigenvalue weighted by Gasteiger charge is 2.22. The van der Waals surface area contributed by atoms with Gasteiger partial charge in [0.25, 0.3) is 0 Å². The van der Waals surface area contributed by atoms with E-state index in [1.54, 1.807) is 23.6 Å². The number of carbonyl (C=O) groups is 1. The maximum Gasteiger partial charge on any atom is 0.228 e. The van der Waals surface area contributed by atoms with Gasteiger partial charge in [-0.2, -0.15) is 4.98 Å². The van der Waals surface area contributed by atoms with Crippen LogP contribution in [0.25, 0.3) is 0 Å². The van der Waals surface area contributed by atoms with Crippen LogP contribution in [0.4, 0.5) is 5.95 Å². The molecule has 2 aromatic heterocycles. The zero-order chi connectivity index (χ0) is 16.8. The molecule has 7 heteroatoms. The summed E-state index contributed by atoms with van der Waals surface area (Å²) in [4.78, 5) is 26.4. The van der Waals surface area contributed by atoms with Gasteiger partial charge >= 0.3 is 0 Å². The van der Waals surface area contributed by atoms with Crippen molar-refractivity contribution >= 4 is 23.2 Å². The van der Waals surface area contributed by atoms with Gasteiger partial charge in [-0.25, -0.2) is 4.98 Å². The Morgan fingerprint density at radius 1 is 1.29 bits per heavy atom. The van der Waals surface area contributed by atoms with Gasteiger partial charge in [-0.15, -0.1) is 11.3 Å². The second kappa shape index (κ2) is 8.10. The lowest BCUT2D eigenvalue weighted by atomic mass is 10.2. The van der Waals surface area contributed by atoms with E-state index in [0.717, 1.165) is 19.5 Å². The lowest BCUT2D eigenvalue weighted by Gasteiger charge is -2.34. The van der Waals surface area contributed by atoms with Crippen molar-refractivity contribution in [1.82, 2.24) is 14.9 Å². The van der Waals surface area contributed by atoms with Crippen molar-refractivity contribution in [3.63, 3.8) is 0 Å². The third-order valence-corrected chi connectivity index (χ3v) is 4.93. The Labute approximate surface area is 146 Å². The fourth-order valence-corrected chi connectivity index (χ4v) is 3.42. The summed E-state index contributed by atoms with van der Waals surface area (Å²) >= 11 is 1.71. The number of amides is 1. The van der Waals surface area contributed by atoms with Crippen LogP contribution in [-0.4, -0.2) is 53.6 Å². The molecule has 1 saturated heterocycles. The number of thiophene rings is 1. The van der Waals surface area contributed by atoms with E-state index in [1.165, 1.54) is 4.88 Å². The molecule has 0 atom stereocenters. The minimum atomic E-state index is 0.229. The van der Waals surface area contributed by atoms with Crippen molar-refractivity contribution in [3.8, 4) is 5.88 Å². The first kappa shape index (κ1) is 16.7. The first-order chi connectivity index (χ1) is 11.8. The standard InChI is InChI=1S/C17H22N4O2S/c1-2-23-15-7-8-18-17(19-15)21-11-9-20(10-12-21)16(22)6-5-14-4-3-13-24-14/h3-4,7-8,13H,2,5-6,9-12H2,1H3. The summed E-state index contributed by atoms with van der Waals surface area (Å²) in [6, 6.07) is 5.87. The van der Waals surface area contributed by atoms with E-state index in [4.69, 9.17) is 4.74 Å². The first-order valence-corrected chi connectivity index (χ1v) is 9.15. The van der Waals surface area contributed by atoms with Crippen LogP contribution in [0.1, 0.15) is 18.2 Å². The number of aryl methyl sites for hydroxylation is 1. The number of carbonyl (C=O) groups excluding carboxylic acids is 1. The van der Waals surface area contributed by atoms with Crippen molar-refractivity contribution < 1.29 is 9.53 Å². The molecule has 1 fully saturated rings. The van der Waals surface area contributed by atoms with Gasteiger partial charge in [0.2, 0.25) is 17.7 Å². The molecular weight excluding hydrogens is 324 g/mol. The predicted molar refractivity (Wildman–Crippen MR) is 94.6 cm³/mol. The molecule has 6 nitrogen and oxygen atoms in total. The summed E-state index contributed by atoms with van der Waals surface area (Å²) < 4.78 is 5.42.